The lowest BCUT2D eigenvalue weighted by molar-refractivity contribution is -0.117. The molecule has 4 nitrogen and oxygen atoms in total. The Bertz CT molecular complexity index is 525. The van der Waals surface area contributed by atoms with Gasteiger partial charge in [0.15, 0.2) is 0 Å². The largest absolute Gasteiger partial charge is 0.369 e. The van der Waals surface area contributed by atoms with Gasteiger partial charge in [0.1, 0.15) is 6.04 Å². The van der Waals surface area contributed by atoms with E-state index < -0.39 is 0 Å². The summed E-state index contributed by atoms with van der Waals surface area (Å²) in [5.74, 6) is 0.0491. The maximum absolute atomic E-state index is 12.1. The molecule has 2 rings (SSSR count). The van der Waals surface area contributed by atoms with Gasteiger partial charge in [0.25, 0.3) is 0 Å². The second-order valence-electron chi connectivity index (χ2n) is 6.37. The Balaban J connectivity index is 2.26. The summed E-state index contributed by atoms with van der Waals surface area (Å²) in [6.07, 6.45) is 2.08. The summed E-state index contributed by atoms with van der Waals surface area (Å²) < 4.78 is 0. The van der Waals surface area contributed by atoms with Crippen molar-refractivity contribution in [3.63, 3.8) is 0 Å². The first-order valence-electron chi connectivity index (χ1n) is 7.82. The van der Waals surface area contributed by atoms with Crippen LogP contribution >= 0.6 is 0 Å². The van der Waals surface area contributed by atoms with Crippen LogP contribution < -0.4 is 15.5 Å². The van der Waals surface area contributed by atoms with E-state index in [1.165, 1.54) is 0 Å². The van der Waals surface area contributed by atoms with E-state index in [0.717, 1.165) is 36.3 Å². The van der Waals surface area contributed by atoms with Crippen LogP contribution in [-0.2, 0) is 4.79 Å². The summed E-state index contributed by atoms with van der Waals surface area (Å²) in [4.78, 5) is 14.4. The highest BCUT2D eigenvalue weighted by molar-refractivity contribution is 6.03. The van der Waals surface area contributed by atoms with Crippen LogP contribution in [0.25, 0.3) is 0 Å². The van der Waals surface area contributed by atoms with Crippen molar-refractivity contribution < 1.29 is 4.79 Å². The fourth-order valence-electron chi connectivity index (χ4n) is 2.54. The van der Waals surface area contributed by atoms with Crippen LogP contribution in [0.1, 0.15) is 52.1 Å². The molecule has 1 heterocycles. The van der Waals surface area contributed by atoms with Gasteiger partial charge in [-0.25, -0.2) is 0 Å². The molecule has 0 aliphatic carbocycles. The number of nitrogens with zero attached hydrogens (tertiary/aromatic N) is 1. The molecule has 0 spiro atoms. The Labute approximate surface area is 127 Å². The lowest BCUT2D eigenvalue weighted by atomic mass is 9.98. The van der Waals surface area contributed by atoms with Crippen LogP contribution in [0.4, 0.5) is 11.4 Å². The third kappa shape index (κ3) is 3.05. The van der Waals surface area contributed by atoms with Crippen LogP contribution in [0.2, 0.25) is 0 Å². The van der Waals surface area contributed by atoms with Crippen molar-refractivity contribution in [1.82, 2.24) is 5.32 Å². The Morgan fingerprint density at radius 2 is 2.05 bits per heavy atom. The minimum Gasteiger partial charge on any atom is -0.369 e. The zero-order valence-corrected chi connectivity index (χ0v) is 13.8. The van der Waals surface area contributed by atoms with Gasteiger partial charge in [-0.1, -0.05) is 19.9 Å². The van der Waals surface area contributed by atoms with Gasteiger partial charge < -0.3 is 15.5 Å². The quantitative estimate of drug-likeness (QED) is 0.844. The Morgan fingerprint density at radius 1 is 1.33 bits per heavy atom. The molecule has 0 bridgehead atoms. The van der Waals surface area contributed by atoms with Crippen LogP contribution in [0.15, 0.2) is 18.2 Å². The first kappa shape index (κ1) is 15.8. The van der Waals surface area contributed by atoms with Crippen molar-refractivity contribution >= 4 is 17.3 Å². The van der Waals surface area contributed by atoms with Gasteiger partial charge >= 0.3 is 0 Å². The fraction of sp³-hybridized carbons (Fsp3) is 0.588. The lowest BCUT2D eigenvalue weighted by Crippen LogP contribution is -2.40. The number of hydrogen-bond acceptors (Lipinski definition) is 3. The molecule has 2 N–H and O–H groups in total. The number of anilines is 2. The van der Waals surface area contributed by atoms with Crippen molar-refractivity contribution in [3.8, 4) is 0 Å². The molecule has 21 heavy (non-hydrogen) atoms. The van der Waals surface area contributed by atoms with E-state index in [4.69, 9.17) is 0 Å². The first-order valence-corrected chi connectivity index (χ1v) is 7.82. The average molecular weight is 289 g/mol. The Morgan fingerprint density at radius 3 is 2.67 bits per heavy atom. The van der Waals surface area contributed by atoms with Gasteiger partial charge in [-0.3, -0.25) is 4.79 Å². The van der Waals surface area contributed by atoms with Gasteiger partial charge in [-0.15, -0.1) is 0 Å². The summed E-state index contributed by atoms with van der Waals surface area (Å²) >= 11 is 0. The summed E-state index contributed by atoms with van der Waals surface area (Å²) in [6.45, 7) is 9.60. The number of fused-ring (bicyclic) bond motifs is 1. The molecule has 1 unspecified atom stereocenters. The summed E-state index contributed by atoms with van der Waals surface area (Å²) in [5, 5.41) is 6.29. The number of hydrogen-bond donors (Lipinski definition) is 2. The van der Waals surface area contributed by atoms with Crippen molar-refractivity contribution in [2.24, 2.45) is 0 Å². The number of carbonyl (C=O) groups is 1. The normalized spacial score (nSPS) is 17.6. The van der Waals surface area contributed by atoms with Crippen molar-refractivity contribution in [3.05, 3.63) is 23.8 Å². The maximum Gasteiger partial charge on any atom is 0.246 e. The molecule has 1 aromatic carbocycles. The smallest absolute Gasteiger partial charge is 0.246 e. The van der Waals surface area contributed by atoms with Gasteiger partial charge in [0.2, 0.25) is 5.91 Å². The van der Waals surface area contributed by atoms with E-state index in [2.05, 4.69) is 68.5 Å². The second-order valence-corrected chi connectivity index (χ2v) is 6.37. The molecule has 0 fully saturated rings. The highest BCUT2D eigenvalue weighted by Crippen LogP contribution is 2.35. The molecule has 1 aliphatic rings. The molecule has 0 saturated carbocycles. The summed E-state index contributed by atoms with van der Waals surface area (Å²) in [6, 6.07) is 6.05. The predicted molar refractivity (Wildman–Crippen MR) is 88.9 cm³/mol. The summed E-state index contributed by atoms with van der Waals surface area (Å²) in [5.41, 5.74) is 3.22. The van der Waals surface area contributed by atoms with E-state index in [1.54, 1.807) is 0 Å². The molecule has 1 amide bonds. The predicted octanol–water partition coefficient (Wildman–Crippen LogP) is 3.30. The number of carbonyl (C=O) groups excluding carboxylic acids is 1. The van der Waals surface area contributed by atoms with Crippen molar-refractivity contribution in [2.45, 2.75) is 52.1 Å². The maximum atomic E-state index is 12.1. The fourth-order valence-corrected chi connectivity index (χ4v) is 2.54. The molecule has 1 atom stereocenters. The van der Waals surface area contributed by atoms with Gasteiger partial charge in [0, 0.05) is 29.5 Å². The van der Waals surface area contributed by atoms with E-state index in [0.29, 0.717) is 0 Å². The van der Waals surface area contributed by atoms with E-state index in [-0.39, 0.29) is 17.5 Å². The highest BCUT2D eigenvalue weighted by Gasteiger charge is 2.31. The van der Waals surface area contributed by atoms with Crippen LogP contribution in [0.3, 0.4) is 0 Å². The molecule has 0 saturated heterocycles. The number of amides is 1. The molecule has 116 valence electrons. The van der Waals surface area contributed by atoms with E-state index >= 15 is 0 Å². The van der Waals surface area contributed by atoms with E-state index in [1.807, 2.05) is 0 Å². The highest BCUT2D eigenvalue weighted by atomic mass is 16.2. The number of nitrogens with one attached hydrogen (secondary N) is 2. The first-order chi connectivity index (χ1) is 9.90. The number of benzene rings is 1. The Kier molecular flexibility index (Phi) is 4.57. The zero-order chi connectivity index (χ0) is 15.6. The number of rotatable bonds is 6. The summed E-state index contributed by atoms with van der Waals surface area (Å²) in [7, 11) is 2.11. The average Bonchev–Trinajstić information content (AvgIpc) is 2.78. The van der Waals surface area contributed by atoms with Crippen molar-refractivity contribution in [1.29, 1.82) is 0 Å². The van der Waals surface area contributed by atoms with Crippen molar-refractivity contribution in [2.75, 3.05) is 23.8 Å². The minimum absolute atomic E-state index is 0.0491. The molecule has 0 radical (unpaired) electrons. The second kappa shape index (κ2) is 6.06. The Hall–Kier alpha value is -1.55. The third-order valence-electron chi connectivity index (χ3n) is 4.63. The van der Waals surface area contributed by atoms with Crippen LogP contribution in [0.5, 0.6) is 0 Å². The standard InChI is InChI=1S/C17H27N3O/c1-6-10-18-15-13-9-8-12(11-14(13)19-16(15)21)20(5)17(3,4)7-2/h8-9,11,15,18H,6-7,10H2,1-5H3,(H,19,21). The molecule has 4 heteroatoms. The monoisotopic (exact) mass is 289 g/mol. The van der Waals surface area contributed by atoms with Crippen LogP contribution in [-0.4, -0.2) is 25.0 Å². The lowest BCUT2D eigenvalue weighted by Gasteiger charge is -2.37. The van der Waals surface area contributed by atoms with Gasteiger partial charge in [-0.2, -0.15) is 0 Å². The van der Waals surface area contributed by atoms with Gasteiger partial charge in [0.05, 0.1) is 0 Å². The van der Waals surface area contributed by atoms with E-state index in [9.17, 15) is 4.79 Å². The topological polar surface area (TPSA) is 44.4 Å². The molecule has 0 aromatic heterocycles. The SMILES string of the molecule is CCCNC1C(=O)Nc2cc(N(C)C(C)(C)CC)ccc21. The third-order valence-corrected chi connectivity index (χ3v) is 4.63. The molecular weight excluding hydrogens is 262 g/mol. The molecule has 1 aliphatic heterocycles. The molecule has 1 aromatic rings. The molecular formula is C17H27N3O. The van der Waals surface area contributed by atoms with Gasteiger partial charge in [-0.05, 0) is 45.4 Å². The van der Waals surface area contributed by atoms with Crippen LogP contribution in [0, 0.1) is 0 Å². The minimum atomic E-state index is -0.210. The zero-order valence-electron chi connectivity index (χ0n) is 13.8.